The van der Waals surface area contributed by atoms with Crippen LogP contribution in [0, 0.1) is 18.8 Å². The van der Waals surface area contributed by atoms with E-state index in [0.717, 1.165) is 29.0 Å². The largest absolute Gasteiger partial charge is 0.416 e. The van der Waals surface area contributed by atoms with Gasteiger partial charge in [-0.25, -0.2) is 4.90 Å². The summed E-state index contributed by atoms with van der Waals surface area (Å²) >= 11 is 6.35. The Balaban J connectivity index is 1.54. The predicted octanol–water partition coefficient (Wildman–Crippen LogP) is 4.10. The van der Waals surface area contributed by atoms with E-state index >= 15 is 0 Å². The molecule has 176 valence electrons. The Kier molecular flexibility index (Phi) is 4.34. The third-order valence-electron chi connectivity index (χ3n) is 7.70. The smallest absolute Gasteiger partial charge is 0.324 e. The fraction of sp³-hybridized carbons (Fsp3) is 0.375. The Morgan fingerprint density at radius 3 is 2.62 bits per heavy atom. The van der Waals surface area contributed by atoms with Crippen LogP contribution in [0.25, 0.3) is 0 Å². The minimum atomic E-state index is -4.63. The van der Waals surface area contributed by atoms with E-state index in [-0.39, 0.29) is 11.7 Å². The van der Waals surface area contributed by atoms with Crippen LogP contribution in [-0.4, -0.2) is 35.2 Å². The van der Waals surface area contributed by atoms with Crippen LogP contribution in [0.3, 0.4) is 0 Å². The third-order valence-corrected chi connectivity index (χ3v) is 7.91. The Labute approximate surface area is 197 Å². The number of hydrogen-bond acceptors (Lipinski definition) is 4. The molecule has 2 aromatic carbocycles. The van der Waals surface area contributed by atoms with Crippen LogP contribution in [0.2, 0.25) is 5.02 Å². The number of rotatable bonds is 1. The van der Waals surface area contributed by atoms with Gasteiger partial charge in [-0.1, -0.05) is 17.7 Å². The van der Waals surface area contributed by atoms with Gasteiger partial charge >= 0.3 is 6.18 Å². The van der Waals surface area contributed by atoms with Crippen molar-refractivity contribution in [2.45, 2.75) is 37.5 Å². The summed E-state index contributed by atoms with van der Waals surface area (Å²) < 4.78 is 40.0. The molecule has 2 aromatic rings. The van der Waals surface area contributed by atoms with Crippen molar-refractivity contribution in [3.63, 3.8) is 0 Å². The molecule has 3 fully saturated rings. The summed E-state index contributed by atoms with van der Waals surface area (Å²) in [4.78, 5) is 43.9. The van der Waals surface area contributed by atoms with Crippen molar-refractivity contribution in [3.05, 3.63) is 58.1 Å². The van der Waals surface area contributed by atoms with Gasteiger partial charge in [0.2, 0.25) is 17.7 Å². The molecule has 6 nitrogen and oxygen atoms in total. The van der Waals surface area contributed by atoms with Gasteiger partial charge in [0.15, 0.2) is 0 Å². The van der Waals surface area contributed by atoms with Gasteiger partial charge in [-0.2, -0.15) is 13.2 Å². The zero-order valence-corrected chi connectivity index (χ0v) is 18.7. The number of anilines is 2. The van der Waals surface area contributed by atoms with Gasteiger partial charge in [0.05, 0.1) is 23.1 Å². The Morgan fingerprint density at radius 2 is 1.88 bits per heavy atom. The fourth-order valence-electron chi connectivity index (χ4n) is 6.51. The number of carbonyl (C=O) groups excluding carboxylic acids is 3. The first kappa shape index (κ1) is 21.6. The van der Waals surface area contributed by atoms with Crippen molar-refractivity contribution >= 4 is 40.7 Å². The van der Waals surface area contributed by atoms with Crippen molar-refractivity contribution in [1.82, 2.24) is 4.90 Å². The minimum Gasteiger partial charge on any atom is -0.324 e. The lowest BCUT2D eigenvalue weighted by Gasteiger charge is -2.36. The molecule has 0 unspecified atom stereocenters. The molecule has 0 bridgehead atoms. The number of alkyl halides is 3. The molecular weight excluding hydrogens is 471 g/mol. The molecule has 4 atom stereocenters. The number of benzene rings is 2. The van der Waals surface area contributed by atoms with Crippen LogP contribution < -0.4 is 10.2 Å². The maximum Gasteiger partial charge on any atom is 0.416 e. The number of aryl methyl sites for hydroxylation is 1. The number of halogens is 4. The number of amides is 3. The first-order valence-corrected chi connectivity index (χ1v) is 11.4. The lowest BCUT2D eigenvalue weighted by molar-refractivity contribution is -0.137. The molecular formula is C24H19ClF3N3O3. The highest BCUT2D eigenvalue weighted by atomic mass is 35.5. The van der Waals surface area contributed by atoms with E-state index in [1.807, 2.05) is 4.90 Å². The van der Waals surface area contributed by atoms with E-state index in [1.165, 1.54) is 12.1 Å². The number of imide groups is 1. The van der Waals surface area contributed by atoms with Gasteiger partial charge in [-0.3, -0.25) is 19.3 Å². The molecule has 6 rings (SSSR count). The van der Waals surface area contributed by atoms with Crippen molar-refractivity contribution in [2.24, 2.45) is 11.8 Å². The molecule has 0 radical (unpaired) electrons. The molecule has 1 spiro atoms. The summed E-state index contributed by atoms with van der Waals surface area (Å²) in [7, 11) is 0. The van der Waals surface area contributed by atoms with E-state index in [1.54, 1.807) is 19.1 Å². The highest BCUT2D eigenvalue weighted by molar-refractivity contribution is 6.31. The first-order valence-electron chi connectivity index (χ1n) is 11.0. The SMILES string of the molecule is Cc1cc(Cl)cc2c1NC(=O)[C@@]21[C@@H]2C(=O)N(c3cccc(C(F)(F)F)c3)C(=O)[C@@H]2[C@H]2CCCN21. The summed E-state index contributed by atoms with van der Waals surface area (Å²) in [6.07, 6.45) is -3.27. The van der Waals surface area contributed by atoms with Crippen molar-refractivity contribution in [3.8, 4) is 0 Å². The van der Waals surface area contributed by atoms with Crippen molar-refractivity contribution in [2.75, 3.05) is 16.8 Å². The molecule has 10 heteroatoms. The average Bonchev–Trinajstić information content (AvgIpc) is 3.47. The zero-order valence-electron chi connectivity index (χ0n) is 17.9. The number of fused-ring (bicyclic) bond motifs is 7. The summed E-state index contributed by atoms with van der Waals surface area (Å²) in [5.41, 5.74) is -0.670. The molecule has 0 aliphatic carbocycles. The van der Waals surface area contributed by atoms with Crippen LogP contribution in [0.4, 0.5) is 24.5 Å². The lowest BCUT2D eigenvalue weighted by Crippen LogP contribution is -2.54. The number of nitrogens with one attached hydrogen (secondary N) is 1. The van der Waals surface area contributed by atoms with Crippen LogP contribution >= 0.6 is 11.6 Å². The Hall–Kier alpha value is -2.91. The molecule has 1 N–H and O–H groups in total. The van der Waals surface area contributed by atoms with E-state index in [4.69, 9.17) is 11.6 Å². The summed E-state index contributed by atoms with van der Waals surface area (Å²) in [5.74, 6) is -3.52. The minimum absolute atomic E-state index is 0.139. The topological polar surface area (TPSA) is 69.7 Å². The highest BCUT2D eigenvalue weighted by Crippen LogP contribution is 2.61. The maximum atomic E-state index is 13.9. The van der Waals surface area contributed by atoms with Gasteiger partial charge in [0.1, 0.15) is 5.54 Å². The van der Waals surface area contributed by atoms with Gasteiger partial charge in [-0.15, -0.1) is 0 Å². The summed E-state index contributed by atoms with van der Waals surface area (Å²) in [5, 5.41) is 3.30. The van der Waals surface area contributed by atoms with Crippen LogP contribution in [0.15, 0.2) is 36.4 Å². The second-order valence-corrected chi connectivity index (χ2v) is 9.77. The van der Waals surface area contributed by atoms with Gasteiger partial charge in [0.25, 0.3) is 0 Å². The molecule has 0 aromatic heterocycles. The second kappa shape index (κ2) is 6.82. The molecule has 0 saturated carbocycles. The summed E-state index contributed by atoms with van der Waals surface area (Å²) in [6, 6.07) is 7.18. The highest BCUT2D eigenvalue weighted by Gasteiger charge is 2.74. The molecule has 3 saturated heterocycles. The monoisotopic (exact) mass is 489 g/mol. The second-order valence-electron chi connectivity index (χ2n) is 9.33. The molecule has 4 aliphatic heterocycles. The molecule has 4 aliphatic rings. The Morgan fingerprint density at radius 1 is 1.12 bits per heavy atom. The van der Waals surface area contributed by atoms with E-state index in [9.17, 15) is 27.6 Å². The van der Waals surface area contributed by atoms with Crippen LogP contribution in [0.5, 0.6) is 0 Å². The molecule has 34 heavy (non-hydrogen) atoms. The van der Waals surface area contributed by atoms with Crippen LogP contribution in [0.1, 0.15) is 29.5 Å². The van der Waals surface area contributed by atoms with Crippen molar-refractivity contribution < 1.29 is 27.6 Å². The zero-order chi connectivity index (χ0) is 24.2. The number of hydrogen-bond donors (Lipinski definition) is 1. The van der Waals surface area contributed by atoms with Gasteiger partial charge in [-0.05, 0) is 62.2 Å². The first-order chi connectivity index (χ1) is 16.1. The average molecular weight is 490 g/mol. The van der Waals surface area contributed by atoms with E-state index in [0.29, 0.717) is 29.2 Å². The third kappa shape index (κ3) is 2.54. The van der Waals surface area contributed by atoms with Gasteiger partial charge in [0, 0.05) is 22.3 Å². The van der Waals surface area contributed by atoms with Crippen LogP contribution in [-0.2, 0) is 26.1 Å². The molecule has 3 amide bonds. The Bertz CT molecular complexity index is 1300. The van der Waals surface area contributed by atoms with E-state index < -0.39 is 46.8 Å². The normalized spacial score (nSPS) is 30.2. The van der Waals surface area contributed by atoms with Gasteiger partial charge < -0.3 is 5.32 Å². The van der Waals surface area contributed by atoms with Crippen molar-refractivity contribution in [1.29, 1.82) is 0 Å². The fourth-order valence-corrected chi connectivity index (χ4v) is 6.78. The van der Waals surface area contributed by atoms with E-state index in [2.05, 4.69) is 5.32 Å². The number of carbonyl (C=O) groups is 3. The predicted molar refractivity (Wildman–Crippen MR) is 117 cm³/mol. The summed E-state index contributed by atoms with van der Waals surface area (Å²) in [6.45, 7) is 2.33. The maximum absolute atomic E-state index is 13.9. The quantitative estimate of drug-likeness (QED) is 0.612. The standard InChI is InChI=1S/C24H19ClF3N3O3/c1-11-8-13(25)10-15-19(11)29-22(34)23(15)18-17(16-6-3-7-30(16)23)20(32)31(21(18)33)14-5-2-4-12(9-14)24(26,27)28/h2,4-5,8-10,16-18H,3,6-7H2,1H3,(H,29,34)/t16-,17-,18+,23+/m1/s1. The lowest BCUT2D eigenvalue weighted by atomic mass is 9.75. The number of nitrogens with zero attached hydrogens (tertiary/aromatic N) is 2. The molecule has 4 heterocycles.